The first-order chi connectivity index (χ1) is 8.49. The lowest BCUT2D eigenvalue weighted by molar-refractivity contribution is 0.253. The van der Waals surface area contributed by atoms with Crippen molar-refractivity contribution in [3.8, 4) is 0 Å². The van der Waals surface area contributed by atoms with Crippen LogP contribution in [-0.2, 0) is 0 Å². The van der Waals surface area contributed by atoms with E-state index in [1.54, 1.807) is 0 Å². The van der Waals surface area contributed by atoms with Crippen LogP contribution in [0.3, 0.4) is 0 Å². The summed E-state index contributed by atoms with van der Waals surface area (Å²) in [4.78, 5) is 0. The number of hydrogen-bond donors (Lipinski definition) is 1. The Morgan fingerprint density at radius 3 is 2.17 bits per heavy atom. The lowest BCUT2D eigenvalue weighted by atomic mass is 9.77. The van der Waals surface area contributed by atoms with Gasteiger partial charge in [0.15, 0.2) is 11.6 Å². The average Bonchev–Trinajstić information content (AvgIpc) is 2.34. The molecule has 0 heterocycles. The van der Waals surface area contributed by atoms with E-state index in [4.69, 9.17) is 5.73 Å². The van der Waals surface area contributed by atoms with E-state index in [2.05, 4.69) is 6.92 Å². The van der Waals surface area contributed by atoms with Crippen LogP contribution in [0.2, 0.25) is 0 Å². The van der Waals surface area contributed by atoms with Crippen LogP contribution in [-0.4, -0.2) is 0 Å². The third kappa shape index (κ3) is 2.69. The molecule has 1 unspecified atom stereocenters. The Balaban J connectivity index is 2.18. The molecule has 2 rings (SSSR count). The monoisotopic (exact) mass is 257 g/mol. The van der Waals surface area contributed by atoms with Gasteiger partial charge in [0.2, 0.25) is 0 Å². The number of benzene rings is 1. The third-order valence-corrected chi connectivity index (χ3v) is 3.97. The molecular weight excluding hydrogens is 239 g/mol. The molecule has 4 heteroatoms. The molecule has 1 fully saturated rings. The van der Waals surface area contributed by atoms with Crippen LogP contribution in [0.15, 0.2) is 12.1 Å². The summed E-state index contributed by atoms with van der Waals surface area (Å²) in [5.41, 5.74) is 6.10. The van der Waals surface area contributed by atoms with Crippen LogP contribution >= 0.6 is 0 Å². The van der Waals surface area contributed by atoms with Crippen LogP contribution in [0.5, 0.6) is 0 Å². The highest BCUT2D eigenvalue weighted by Crippen LogP contribution is 2.36. The van der Waals surface area contributed by atoms with Crippen molar-refractivity contribution in [2.75, 3.05) is 0 Å². The molecule has 0 aromatic heterocycles. The molecule has 100 valence electrons. The zero-order valence-corrected chi connectivity index (χ0v) is 10.4. The maximum absolute atomic E-state index is 13.6. The van der Waals surface area contributed by atoms with Crippen molar-refractivity contribution in [2.45, 2.75) is 38.6 Å². The van der Waals surface area contributed by atoms with E-state index in [0.717, 1.165) is 31.7 Å². The van der Waals surface area contributed by atoms with Crippen molar-refractivity contribution in [1.29, 1.82) is 0 Å². The number of halogens is 3. The molecule has 1 atom stereocenters. The summed E-state index contributed by atoms with van der Waals surface area (Å²) in [7, 11) is 0. The predicted molar refractivity (Wildman–Crippen MR) is 64.4 cm³/mol. The third-order valence-electron chi connectivity index (χ3n) is 3.97. The van der Waals surface area contributed by atoms with Crippen LogP contribution < -0.4 is 5.73 Å². The molecular formula is C14H18F3N. The van der Waals surface area contributed by atoms with Crippen LogP contribution in [0, 0.1) is 29.3 Å². The molecule has 18 heavy (non-hydrogen) atoms. The maximum atomic E-state index is 13.6. The second-order valence-corrected chi connectivity index (χ2v) is 5.33. The first-order valence-electron chi connectivity index (χ1n) is 6.39. The highest BCUT2D eigenvalue weighted by atomic mass is 19.2. The largest absolute Gasteiger partial charge is 0.324 e. The topological polar surface area (TPSA) is 26.0 Å². The Labute approximate surface area is 105 Å². The molecule has 0 spiro atoms. The van der Waals surface area contributed by atoms with E-state index in [1.807, 2.05) is 0 Å². The molecule has 2 N–H and O–H groups in total. The Bertz CT molecular complexity index is 425. The minimum absolute atomic E-state index is 0.0912. The van der Waals surface area contributed by atoms with Crippen molar-refractivity contribution in [2.24, 2.45) is 17.6 Å². The fraction of sp³-hybridized carbons (Fsp3) is 0.571. The van der Waals surface area contributed by atoms with Gasteiger partial charge in [-0.25, -0.2) is 13.2 Å². The molecule has 0 aliphatic heterocycles. The van der Waals surface area contributed by atoms with E-state index >= 15 is 0 Å². The molecule has 1 aromatic rings. The van der Waals surface area contributed by atoms with E-state index in [1.165, 1.54) is 0 Å². The van der Waals surface area contributed by atoms with Gasteiger partial charge in [0.25, 0.3) is 0 Å². The van der Waals surface area contributed by atoms with E-state index in [9.17, 15) is 13.2 Å². The number of hydrogen-bond acceptors (Lipinski definition) is 1. The molecule has 0 saturated heterocycles. The van der Waals surface area contributed by atoms with Crippen molar-refractivity contribution >= 4 is 0 Å². The summed E-state index contributed by atoms with van der Waals surface area (Å²) in [5, 5.41) is 0. The summed E-state index contributed by atoms with van der Waals surface area (Å²) in [5.74, 6) is -2.13. The molecule has 0 amide bonds. The standard InChI is InChI=1S/C14H18F3N/c1-8-2-4-9(5-3-8)14(18)10-6-12(16)13(17)7-11(10)15/h6-9,14H,2-5,18H2,1H3. The SMILES string of the molecule is CC1CCC(C(N)c2cc(F)c(F)cc2F)CC1. The van der Waals surface area contributed by atoms with Gasteiger partial charge in [-0.3, -0.25) is 0 Å². The summed E-state index contributed by atoms with van der Waals surface area (Å²) in [6, 6.07) is 0.927. The van der Waals surface area contributed by atoms with Gasteiger partial charge in [-0.2, -0.15) is 0 Å². The number of rotatable bonds is 2. The van der Waals surface area contributed by atoms with Gasteiger partial charge in [0.05, 0.1) is 0 Å². The molecule has 1 saturated carbocycles. The van der Waals surface area contributed by atoms with Crippen molar-refractivity contribution < 1.29 is 13.2 Å². The minimum atomic E-state index is -1.17. The summed E-state index contributed by atoms with van der Waals surface area (Å²) in [6.07, 6.45) is 3.95. The minimum Gasteiger partial charge on any atom is -0.324 e. The van der Waals surface area contributed by atoms with Gasteiger partial charge in [-0.05, 0) is 30.7 Å². The highest BCUT2D eigenvalue weighted by Gasteiger charge is 2.27. The Morgan fingerprint density at radius 2 is 1.56 bits per heavy atom. The molecule has 1 aliphatic rings. The molecule has 1 nitrogen and oxygen atoms in total. The van der Waals surface area contributed by atoms with Crippen molar-refractivity contribution in [3.63, 3.8) is 0 Å². The average molecular weight is 257 g/mol. The summed E-state index contributed by atoms with van der Waals surface area (Å²) >= 11 is 0. The quantitative estimate of drug-likeness (QED) is 0.798. The number of nitrogens with two attached hydrogens (primary N) is 1. The smallest absolute Gasteiger partial charge is 0.161 e. The van der Waals surface area contributed by atoms with Gasteiger partial charge in [-0.15, -0.1) is 0 Å². The molecule has 0 radical (unpaired) electrons. The van der Waals surface area contributed by atoms with Crippen LogP contribution in [0.25, 0.3) is 0 Å². The maximum Gasteiger partial charge on any atom is 0.161 e. The van der Waals surface area contributed by atoms with E-state index in [0.29, 0.717) is 12.0 Å². The second kappa shape index (κ2) is 5.31. The van der Waals surface area contributed by atoms with Crippen LogP contribution in [0.4, 0.5) is 13.2 Å². The van der Waals surface area contributed by atoms with Gasteiger partial charge in [0, 0.05) is 17.7 Å². The lowest BCUT2D eigenvalue weighted by Gasteiger charge is -2.31. The predicted octanol–water partition coefficient (Wildman–Crippen LogP) is 3.93. The summed E-state index contributed by atoms with van der Waals surface area (Å²) < 4.78 is 39.6. The summed E-state index contributed by atoms with van der Waals surface area (Å²) in [6.45, 7) is 2.18. The Kier molecular flexibility index (Phi) is 3.95. The molecule has 1 aliphatic carbocycles. The Hall–Kier alpha value is -1.03. The van der Waals surface area contributed by atoms with E-state index in [-0.39, 0.29) is 11.5 Å². The molecule has 1 aromatic carbocycles. The molecule has 0 bridgehead atoms. The zero-order chi connectivity index (χ0) is 13.3. The van der Waals surface area contributed by atoms with Crippen molar-refractivity contribution in [3.05, 3.63) is 35.1 Å². The van der Waals surface area contributed by atoms with Gasteiger partial charge >= 0.3 is 0 Å². The fourth-order valence-corrected chi connectivity index (χ4v) is 2.69. The fourth-order valence-electron chi connectivity index (χ4n) is 2.69. The highest BCUT2D eigenvalue weighted by molar-refractivity contribution is 5.24. The second-order valence-electron chi connectivity index (χ2n) is 5.33. The first kappa shape index (κ1) is 13.4. The van der Waals surface area contributed by atoms with Gasteiger partial charge in [-0.1, -0.05) is 19.8 Å². The zero-order valence-electron chi connectivity index (χ0n) is 10.4. The Morgan fingerprint density at radius 1 is 1.00 bits per heavy atom. The van der Waals surface area contributed by atoms with Crippen LogP contribution in [0.1, 0.15) is 44.2 Å². The van der Waals surface area contributed by atoms with Crippen molar-refractivity contribution in [1.82, 2.24) is 0 Å². The van der Waals surface area contributed by atoms with E-state index < -0.39 is 23.5 Å². The van der Waals surface area contributed by atoms with Gasteiger partial charge < -0.3 is 5.73 Å². The van der Waals surface area contributed by atoms with Gasteiger partial charge in [0.1, 0.15) is 5.82 Å². The first-order valence-corrected chi connectivity index (χ1v) is 6.39. The normalized spacial score (nSPS) is 26.1. The lowest BCUT2D eigenvalue weighted by Crippen LogP contribution is -2.26.